The first kappa shape index (κ1) is 25.5. The summed E-state index contributed by atoms with van der Waals surface area (Å²) < 4.78 is 85.7. The predicted octanol–water partition coefficient (Wildman–Crippen LogP) is 5.35. The number of hydrogen-bond donors (Lipinski definition) is 0. The third-order valence-corrected chi connectivity index (χ3v) is 9.59. The van der Waals surface area contributed by atoms with Gasteiger partial charge < -0.3 is 32.5 Å². The highest BCUT2D eigenvalue weighted by atomic mass is 31.2. The standard InChI is InChI=1S/C26H23F3N7O6P/c27-26(28,29)25-32-31-19-12-34(5-6-35(19)25)15-9-16-20-17(10-15)40-43(37)41-23(24(30-16)42-43)22(20)39-18-11-36(14-1-2-14)33-21(18)13-3-7-38-8-4-13/h9-11,13-14H,1-8,12H2. The first-order chi connectivity index (χ1) is 20.7. The number of phosphoric acid groups is 1. The molecular weight excluding hydrogens is 594 g/mol. The van der Waals surface area contributed by atoms with Gasteiger partial charge in [-0.3, -0.25) is 4.68 Å². The number of anilines is 1. The Balaban J connectivity index is 1.13. The molecule has 0 N–H and O–H groups in total. The molecule has 0 amide bonds. The molecule has 17 heteroatoms. The minimum Gasteiger partial charge on any atom is -0.449 e. The second-order valence-electron chi connectivity index (χ2n) is 11.2. The van der Waals surface area contributed by atoms with Gasteiger partial charge in [-0.15, -0.1) is 10.2 Å². The van der Waals surface area contributed by atoms with Crippen LogP contribution in [-0.4, -0.2) is 49.3 Å². The smallest absolute Gasteiger partial charge is 0.449 e. The maximum atomic E-state index is 13.4. The SMILES string of the molecule is O=P12Oc3nc4cc(N5CCn6c(nnc6C(F)(F)F)C5)cc(c4c(Oc4cn(C5CC5)nc4C4CCOCC4)c3O1)O2. The summed E-state index contributed by atoms with van der Waals surface area (Å²) in [6, 6.07) is 3.73. The number of benzene rings is 1. The number of nitrogens with zero attached hydrogens (tertiary/aromatic N) is 7. The van der Waals surface area contributed by atoms with Gasteiger partial charge in [0.1, 0.15) is 11.4 Å². The van der Waals surface area contributed by atoms with E-state index in [4.69, 9.17) is 28.1 Å². The fraction of sp³-hybridized carbons (Fsp3) is 0.462. The van der Waals surface area contributed by atoms with Gasteiger partial charge in [0.15, 0.2) is 17.3 Å². The van der Waals surface area contributed by atoms with Crippen LogP contribution < -0.4 is 23.2 Å². The Morgan fingerprint density at radius 3 is 2.65 bits per heavy atom. The van der Waals surface area contributed by atoms with Crippen molar-refractivity contribution >= 4 is 24.4 Å². The van der Waals surface area contributed by atoms with Crippen molar-refractivity contribution in [1.29, 1.82) is 0 Å². The van der Waals surface area contributed by atoms with Crippen molar-refractivity contribution < 1.29 is 40.8 Å². The monoisotopic (exact) mass is 617 g/mol. The summed E-state index contributed by atoms with van der Waals surface area (Å²) in [5.74, 6) is 0.352. The van der Waals surface area contributed by atoms with Gasteiger partial charge in [-0.2, -0.15) is 22.8 Å². The summed E-state index contributed by atoms with van der Waals surface area (Å²) in [5, 5.41) is 12.5. The number of hydrogen-bond acceptors (Lipinski definition) is 11. The van der Waals surface area contributed by atoms with Crippen molar-refractivity contribution in [3.63, 3.8) is 0 Å². The van der Waals surface area contributed by atoms with Crippen LogP contribution in [0, 0.1) is 0 Å². The van der Waals surface area contributed by atoms with Crippen LogP contribution in [0.15, 0.2) is 18.3 Å². The molecule has 9 rings (SSSR count). The molecule has 0 radical (unpaired) electrons. The molecule has 3 aromatic heterocycles. The topological polar surface area (TPSA) is 128 Å². The molecule has 2 fully saturated rings. The van der Waals surface area contributed by atoms with Crippen LogP contribution in [0.5, 0.6) is 28.9 Å². The van der Waals surface area contributed by atoms with Crippen LogP contribution in [0.25, 0.3) is 10.9 Å². The first-order valence-corrected chi connectivity index (χ1v) is 15.5. The lowest BCUT2D eigenvalue weighted by atomic mass is 9.96. The van der Waals surface area contributed by atoms with E-state index >= 15 is 0 Å². The van der Waals surface area contributed by atoms with Gasteiger partial charge in [0.25, 0.3) is 5.88 Å². The van der Waals surface area contributed by atoms with Gasteiger partial charge in [-0.05, 0) is 31.7 Å². The van der Waals surface area contributed by atoms with Crippen LogP contribution in [-0.2, 0) is 28.6 Å². The molecule has 1 saturated heterocycles. The lowest BCUT2D eigenvalue weighted by molar-refractivity contribution is -0.147. The van der Waals surface area contributed by atoms with Crippen molar-refractivity contribution in [2.75, 3.05) is 24.7 Å². The number of ether oxygens (including phenoxy) is 2. The molecule has 1 unspecified atom stereocenters. The van der Waals surface area contributed by atoms with E-state index < -0.39 is 19.8 Å². The molecule has 1 atom stereocenters. The second kappa shape index (κ2) is 8.76. The first-order valence-electron chi connectivity index (χ1n) is 14.0. The molecule has 43 heavy (non-hydrogen) atoms. The molecule has 4 aliphatic heterocycles. The highest BCUT2D eigenvalue weighted by molar-refractivity contribution is 7.50. The van der Waals surface area contributed by atoms with Crippen molar-refractivity contribution in [2.24, 2.45) is 0 Å². The number of alkyl halides is 3. The summed E-state index contributed by atoms with van der Waals surface area (Å²) in [7, 11) is -4.09. The second-order valence-corrected chi connectivity index (χ2v) is 12.7. The predicted molar refractivity (Wildman–Crippen MR) is 141 cm³/mol. The van der Waals surface area contributed by atoms with E-state index in [0.29, 0.717) is 41.6 Å². The minimum atomic E-state index is -4.60. The highest BCUT2D eigenvalue weighted by Crippen LogP contribution is 2.67. The average molecular weight is 617 g/mol. The Morgan fingerprint density at radius 1 is 1.02 bits per heavy atom. The third kappa shape index (κ3) is 4.06. The van der Waals surface area contributed by atoms with E-state index in [1.165, 1.54) is 0 Å². The Hall–Kier alpha value is -4.04. The molecule has 1 aromatic carbocycles. The fourth-order valence-electron chi connectivity index (χ4n) is 6.11. The van der Waals surface area contributed by atoms with E-state index in [-0.39, 0.29) is 54.5 Å². The molecule has 7 heterocycles. The van der Waals surface area contributed by atoms with Gasteiger partial charge in [0, 0.05) is 44.0 Å². The van der Waals surface area contributed by atoms with Gasteiger partial charge in [0.2, 0.25) is 11.6 Å². The maximum absolute atomic E-state index is 13.4. The third-order valence-electron chi connectivity index (χ3n) is 8.37. The maximum Gasteiger partial charge on any atom is 0.648 e. The van der Waals surface area contributed by atoms with E-state index in [1.54, 1.807) is 12.1 Å². The summed E-state index contributed by atoms with van der Waals surface area (Å²) in [6.45, 7) is 1.62. The number of aromatic nitrogens is 6. The summed E-state index contributed by atoms with van der Waals surface area (Å²) in [5.41, 5.74) is 1.83. The number of pyridine rings is 1. The molecule has 4 aromatic rings. The van der Waals surface area contributed by atoms with E-state index in [0.717, 1.165) is 35.9 Å². The molecule has 224 valence electrons. The zero-order valence-electron chi connectivity index (χ0n) is 22.4. The van der Waals surface area contributed by atoms with E-state index in [2.05, 4.69) is 15.2 Å². The Bertz CT molecular complexity index is 1870. The zero-order chi connectivity index (χ0) is 29.1. The fourth-order valence-corrected chi connectivity index (χ4v) is 7.32. The Labute approximate surface area is 241 Å². The van der Waals surface area contributed by atoms with Crippen LogP contribution in [0.4, 0.5) is 18.9 Å². The van der Waals surface area contributed by atoms with Gasteiger partial charge in [0.05, 0.1) is 29.7 Å². The lowest BCUT2D eigenvalue weighted by Crippen LogP contribution is -2.35. The molecule has 1 aliphatic carbocycles. The largest absolute Gasteiger partial charge is 0.648 e. The molecular formula is C26H23F3N7O6P. The van der Waals surface area contributed by atoms with Gasteiger partial charge in [-0.1, -0.05) is 0 Å². The number of phosphoric ester groups is 1. The number of halogens is 3. The molecule has 5 aliphatic rings. The van der Waals surface area contributed by atoms with Gasteiger partial charge >= 0.3 is 14.0 Å². The molecule has 0 spiro atoms. The van der Waals surface area contributed by atoms with Crippen LogP contribution >= 0.6 is 7.82 Å². The van der Waals surface area contributed by atoms with Crippen LogP contribution in [0.2, 0.25) is 0 Å². The van der Waals surface area contributed by atoms with Crippen LogP contribution in [0.1, 0.15) is 55.0 Å². The summed E-state index contributed by atoms with van der Waals surface area (Å²) >= 11 is 0. The summed E-state index contributed by atoms with van der Waals surface area (Å²) in [4.78, 5) is 6.40. The summed E-state index contributed by atoms with van der Waals surface area (Å²) in [6.07, 6.45) is 1.02. The van der Waals surface area contributed by atoms with Crippen molar-refractivity contribution in [2.45, 2.75) is 56.9 Å². The van der Waals surface area contributed by atoms with Crippen molar-refractivity contribution in [1.82, 2.24) is 29.5 Å². The number of fused-ring (bicyclic) bond motifs is 2. The van der Waals surface area contributed by atoms with Crippen LogP contribution in [0.3, 0.4) is 0 Å². The Kier molecular flexibility index (Phi) is 5.18. The average Bonchev–Trinajstić information content (AvgIpc) is 3.47. The van der Waals surface area contributed by atoms with E-state index in [1.807, 2.05) is 15.8 Å². The highest BCUT2D eigenvalue weighted by Gasteiger charge is 2.49. The Morgan fingerprint density at radius 2 is 1.86 bits per heavy atom. The quantitative estimate of drug-likeness (QED) is 0.269. The number of rotatable bonds is 5. The normalized spacial score (nSPS) is 22.8. The molecule has 13 nitrogen and oxygen atoms in total. The lowest BCUT2D eigenvalue weighted by Gasteiger charge is -2.30. The van der Waals surface area contributed by atoms with Gasteiger partial charge in [-0.25, -0.2) is 4.98 Å². The molecule has 3 bridgehead atoms. The van der Waals surface area contributed by atoms with Crippen molar-refractivity contribution in [3.8, 4) is 28.9 Å². The van der Waals surface area contributed by atoms with E-state index in [9.17, 15) is 17.7 Å². The zero-order valence-corrected chi connectivity index (χ0v) is 23.3. The minimum absolute atomic E-state index is 0.0240. The molecule has 1 saturated carbocycles. The van der Waals surface area contributed by atoms with Crippen molar-refractivity contribution in [3.05, 3.63) is 35.7 Å².